The van der Waals surface area contributed by atoms with E-state index in [0.29, 0.717) is 28.6 Å². The number of allylic oxidation sites excluding steroid dienone is 1. The van der Waals surface area contributed by atoms with Gasteiger partial charge in [0.05, 0.1) is 28.4 Å². The van der Waals surface area contributed by atoms with Crippen LogP contribution in [0.1, 0.15) is 15.9 Å². The molecule has 0 heterocycles. The average Bonchev–Trinajstić information content (AvgIpc) is 2.74. The largest absolute Gasteiger partial charge is 0.507 e. The van der Waals surface area contributed by atoms with Crippen molar-refractivity contribution >= 4 is 11.9 Å². The molecule has 0 amide bonds. The number of hydrogen-bond donors (Lipinski definition) is 1. The van der Waals surface area contributed by atoms with Crippen molar-refractivity contribution in [3.05, 3.63) is 41.5 Å². The summed E-state index contributed by atoms with van der Waals surface area (Å²) in [6, 6.07) is 6.22. The summed E-state index contributed by atoms with van der Waals surface area (Å²) in [5.74, 6) is 1.13. The number of carbonyl (C=O) groups excluding carboxylic acids is 1. The molecule has 156 valence electrons. The zero-order chi connectivity index (χ0) is 21.4. The monoisotopic (exact) mass is 404 g/mol. The van der Waals surface area contributed by atoms with Crippen LogP contribution in [0, 0.1) is 0 Å². The molecule has 29 heavy (non-hydrogen) atoms. The third kappa shape index (κ3) is 5.11. The molecule has 0 aliphatic heterocycles. The molecule has 0 bridgehead atoms. The first-order chi connectivity index (χ1) is 14.0. The van der Waals surface area contributed by atoms with Gasteiger partial charge in [-0.1, -0.05) is 6.08 Å². The van der Waals surface area contributed by atoms with E-state index in [1.165, 1.54) is 53.8 Å². The minimum absolute atomic E-state index is 0.00305. The first-order valence-electron chi connectivity index (χ1n) is 8.54. The van der Waals surface area contributed by atoms with E-state index in [2.05, 4.69) is 0 Å². The van der Waals surface area contributed by atoms with Crippen LogP contribution in [-0.4, -0.2) is 53.2 Å². The Morgan fingerprint density at radius 3 is 2.03 bits per heavy atom. The molecule has 2 aromatic carbocycles. The highest BCUT2D eigenvalue weighted by Gasteiger charge is 2.18. The summed E-state index contributed by atoms with van der Waals surface area (Å²) in [5, 5.41) is 10.3. The second-order valence-electron chi connectivity index (χ2n) is 5.73. The van der Waals surface area contributed by atoms with Crippen molar-refractivity contribution in [3.63, 3.8) is 0 Å². The topological polar surface area (TPSA) is 92.7 Å². The fourth-order valence-electron chi connectivity index (χ4n) is 2.65. The van der Waals surface area contributed by atoms with E-state index in [-0.39, 0.29) is 23.9 Å². The van der Waals surface area contributed by atoms with Crippen molar-refractivity contribution in [1.82, 2.24) is 0 Å². The van der Waals surface area contributed by atoms with Gasteiger partial charge in [-0.3, -0.25) is 4.79 Å². The number of ketones is 1. The predicted octanol–water partition coefficient (Wildman–Crippen LogP) is 3.31. The molecule has 1 N–H and O–H groups in total. The Balaban J connectivity index is 2.36. The van der Waals surface area contributed by atoms with Gasteiger partial charge in [0.2, 0.25) is 5.75 Å². The lowest BCUT2D eigenvalue weighted by molar-refractivity contribution is 0.0508. The number of phenols is 1. The number of rotatable bonds is 10. The molecule has 0 spiro atoms. The molecule has 0 radical (unpaired) electrons. The number of carbonyl (C=O) groups is 1. The molecule has 0 saturated carbocycles. The Morgan fingerprint density at radius 2 is 1.52 bits per heavy atom. The first-order valence-corrected chi connectivity index (χ1v) is 8.54. The van der Waals surface area contributed by atoms with Crippen LogP contribution in [0.2, 0.25) is 0 Å². The zero-order valence-electron chi connectivity index (χ0n) is 17.0. The predicted molar refractivity (Wildman–Crippen MR) is 107 cm³/mol. The lowest BCUT2D eigenvalue weighted by Gasteiger charge is -2.13. The summed E-state index contributed by atoms with van der Waals surface area (Å²) in [5.41, 5.74) is 0.660. The maximum Gasteiger partial charge on any atom is 0.203 e. The van der Waals surface area contributed by atoms with Gasteiger partial charge in [0.25, 0.3) is 0 Å². The number of aromatic hydroxyl groups is 1. The van der Waals surface area contributed by atoms with Crippen molar-refractivity contribution in [2.24, 2.45) is 0 Å². The standard InChI is InChI=1S/C21H24O8/c1-24-12-29-14-10-16(23)20(17(11-14)25-2)15(22)7-6-13-8-18(26-3)21(28-5)19(9-13)27-4/h6-11,23H,12H2,1-5H3/b7-6+. The van der Waals surface area contributed by atoms with Crippen LogP contribution in [0.5, 0.6) is 34.5 Å². The van der Waals surface area contributed by atoms with Gasteiger partial charge in [0, 0.05) is 19.2 Å². The van der Waals surface area contributed by atoms with Gasteiger partial charge in [-0.05, 0) is 23.8 Å². The number of ether oxygens (including phenoxy) is 6. The molecular formula is C21H24O8. The van der Waals surface area contributed by atoms with Gasteiger partial charge in [-0.2, -0.15) is 0 Å². The lowest BCUT2D eigenvalue weighted by Crippen LogP contribution is -2.03. The number of phenolic OH excluding ortho intramolecular Hbond substituents is 1. The van der Waals surface area contributed by atoms with Gasteiger partial charge >= 0.3 is 0 Å². The number of benzene rings is 2. The highest BCUT2D eigenvalue weighted by Crippen LogP contribution is 2.39. The Kier molecular flexibility index (Phi) is 7.73. The minimum atomic E-state index is -0.452. The van der Waals surface area contributed by atoms with Gasteiger partial charge in [0.1, 0.15) is 22.8 Å². The van der Waals surface area contributed by atoms with Crippen LogP contribution in [-0.2, 0) is 4.74 Å². The Bertz CT molecular complexity index is 863. The van der Waals surface area contributed by atoms with E-state index in [1.54, 1.807) is 18.2 Å². The van der Waals surface area contributed by atoms with Crippen LogP contribution in [0.4, 0.5) is 0 Å². The zero-order valence-corrected chi connectivity index (χ0v) is 17.0. The van der Waals surface area contributed by atoms with E-state index in [1.807, 2.05) is 0 Å². The molecular weight excluding hydrogens is 380 g/mol. The van der Waals surface area contributed by atoms with Gasteiger partial charge < -0.3 is 33.5 Å². The lowest BCUT2D eigenvalue weighted by atomic mass is 10.1. The molecule has 8 nitrogen and oxygen atoms in total. The molecule has 8 heteroatoms. The second kappa shape index (κ2) is 10.2. The first kappa shape index (κ1) is 21.9. The molecule has 0 aliphatic rings. The van der Waals surface area contributed by atoms with E-state index in [0.717, 1.165) is 0 Å². The maximum atomic E-state index is 12.7. The summed E-state index contributed by atoms with van der Waals surface area (Å²) >= 11 is 0. The third-order valence-corrected chi connectivity index (χ3v) is 3.98. The van der Waals surface area contributed by atoms with E-state index < -0.39 is 5.78 Å². The molecule has 0 fully saturated rings. The summed E-state index contributed by atoms with van der Waals surface area (Å²) in [4.78, 5) is 12.7. The average molecular weight is 404 g/mol. The molecule has 0 atom stereocenters. The summed E-state index contributed by atoms with van der Waals surface area (Å²) in [6.07, 6.45) is 2.88. The molecule has 0 saturated heterocycles. The molecule has 2 aromatic rings. The van der Waals surface area contributed by atoms with Crippen molar-refractivity contribution in [2.45, 2.75) is 0 Å². The SMILES string of the molecule is COCOc1cc(O)c(C(=O)/C=C/c2cc(OC)c(OC)c(OC)c2)c(OC)c1. The normalized spacial score (nSPS) is 10.7. The molecule has 0 unspecified atom stereocenters. The number of methoxy groups -OCH3 is 5. The highest BCUT2D eigenvalue weighted by molar-refractivity contribution is 6.10. The summed E-state index contributed by atoms with van der Waals surface area (Å²) in [7, 11) is 7.39. The van der Waals surface area contributed by atoms with E-state index >= 15 is 0 Å². The third-order valence-electron chi connectivity index (χ3n) is 3.98. The smallest absolute Gasteiger partial charge is 0.203 e. The van der Waals surface area contributed by atoms with Crippen LogP contribution in [0.25, 0.3) is 6.08 Å². The van der Waals surface area contributed by atoms with Crippen molar-refractivity contribution in [2.75, 3.05) is 42.3 Å². The number of hydrogen-bond acceptors (Lipinski definition) is 8. The van der Waals surface area contributed by atoms with Gasteiger partial charge in [0.15, 0.2) is 24.1 Å². The van der Waals surface area contributed by atoms with Crippen LogP contribution in [0.3, 0.4) is 0 Å². The Hall–Kier alpha value is -3.39. The molecule has 0 aromatic heterocycles. The Morgan fingerprint density at radius 1 is 0.897 bits per heavy atom. The van der Waals surface area contributed by atoms with Gasteiger partial charge in [-0.15, -0.1) is 0 Å². The fourth-order valence-corrected chi connectivity index (χ4v) is 2.65. The molecule has 0 aliphatic carbocycles. The van der Waals surface area contributed by atoms with E-state index in [4.69, 9.17) is 28.4 Å². The van der Waals surface area contributed by atoms with Crippen molar-refractivity contribution < 1.29 is 38.3 Å². The van der Waals surface area contributed by atoms with Gasteiger partial charge in [-0.25, -0.2) is 0 Å². The quantitative estimate of drug-likeness (QED) is 0.366. The maximum absolute atomic E-state index is 12.7. The minimum Gasteiger partial charge on any atom is -0.507 e. The van der Waals surface area contributed by atoms with Crippen LogP contribution < -0.4 is 23.7 Å². The summed E-state index contributed by atoms with van der Waals surface area (Å²) in [6.45, 7) is -0.00305. The second-order valence-corrected chi connectivity index (χ2v) is 5.73. The van der Waals surface area contributed by atoms with Crippen molar-refractivity contribution in [3.8, 4) is 34.5 Å². The van der Waals surface area contributed by atoms with Crippen LogP contribution >= 0.6 is 0 Å². The van der Waals surface area contributed by atoms with E-state index in [9.17, 15) is 9.90 Å². The molecule has 2 rings (SSSR count). The highest BCUT2D eigenvalue weighted by atomic mass is 16.7. The summed E-state index contributed by atoms with van der Waals surface area (Å²) < 4.78 is 31.2. The fraction of sp³-hybridized carbons (Fsp3) is 0.286. The Labute approximate surface area is 169 Å². The van der Waals surface area contributed by atoms with Crippen molar-refractivity contribution in [1.29, 1.82) is 0 Å². The van der Waals surface area contributed by atoms with Crippen LogP contribution in [0.15, 0.2) is 30.3 Å².